The second-order valence-corrected chi connectivity index (χ2v) is 16.2. The lowest BCUT2D eigenvalue weighted by molar-refractivity contribution is -0.777. The van der Waals surface area contributed by atoms with Crippen LogP contribution in [0.5, 0.6) is 0 Å². The molecule has 0 fully saturated rings. The molecule has 0 unspecified atom stereocenters. The summed E-state index contributed by atoms with van der Waals surface area (Å²) >= 11 is 2.87. The molecule has 0 aromatic carbocycles. The Balaban J connectivity index is -0.000000284. The quantitative estimate of drug-likeness (QED) is 0.0471. The largest absolute Gasteiger partial charge is 0.691 e. The first-order valence-electron chi connectivity index (χ1n) is 13.8. The summed E-state index contributed by atoms with van der Waals surface area (Å²) in [5.74, 6) is -2.22. The van der Waals surface area contributed by atoms with Gasteiger partial charge in [-0.2, -0.15) is 17.3 Å². The molecule has 0 aromatic heterocycles. The molecule has 50 heavy (non-hydrogen) atoms. The molecule has 25 heteroatoms. The third-order valence-corrected chi connectivity index (χ3v) is 7.00. The smallest absolute Gasteiger partial charge is 0.344 e. The van der Waals surface area contributed by atoms with E-state index in [-0.39, 0.29) is 17.3 Å². The van der Waals surface area contributed by atoms with Gasteiger partial charge in [-0.15, -0.1) is 0 Å². The van der Waals surface area contributed by atoms with Crippen LogP contribution in [0.3, 0.4) is 0 Å². The van der Waals surface area contributed by atoms with Crippen LogP contribution in [0.2, 0.25) is 0 Å². The van der Waals surface area contributed by atoms with E-state index in [1.807, 2.05) is 20.8 Å². The number of ether oxygens (including phenoxy) is 5. The molecule has 0 saturated heterocycles. The molecule has 0 aliphatic carbocycles. The average Bonchev–Trinajstić information content (AvgIpc) is 3.06. The topological polar surface area (TPSA) is 281 Å². The summed E-state index contributed by atoms with van der Waals surface area (Å²) in [6.45, 7) is 19.4. The van der Waals surface area contributed by atoms with E-state index in [1.54, 1.807) is 34.6 Å². The predicted octanol–water partition coefficient (Wildman–Crippen LogP) is 0.426. The molecule has 0 spiro atoms. The number of carbonyl (C=O) groups is 4. The van der Waals surface area contributed by atoms with Gasteiger partial charge < -0.3 is 44.7 Å². The van der Waals surface area contributed by atoms with Crippen molar-refractivity contribution in [3.63, 3.8) is 0 Å². The molecule has 0 atom stereocenters. The Kier molecular flexibility index (Phi) is 36.0. The minimum absolute atomic E-state index is 0.163. The van der Waals surface area contributed by atoms with Crippen LogP contribution in [0.15, 0.2) is 0 Å². The van der Waals surface area contributed by atoms with E-state index in [4.69, 9.17) is 14.2 Å². The highest BCUT2D eigenvalue weighted by molar-refractivity contribution is 7.97. The lowest BCUT2D eigenvalue weighted by Gasteiger charge is -2.21. The molecule has 0 saturated carbocycles. The van der Waals surface area contributed by atoms with Gasteiger partial charge in [-0.25, -0.2) is 4.79 Å². The van der Waals surface area contributed by atoms with Crippen LogP contribution < -0.4 is 21.0 Å². The van der Waals surface area contributed by atoms with Crippen molar-refractivity contribution in [2.24, 2.45) is 0 Å². The van der Waals surface area contributed by atoms with Crippen molar-refractivity contribution >= 4 is 72.0 Å². The Hall–Kier alpha value is -1.24. The van der Waals surface area contributed by atoms with Crippen LogP contribution in [0, 0.1) is 0 Å². The van der Waals surface area contributed by atoms with E-state index < -0.39 is 38.8 Å². The maximum Gasteiger partial charge on any atom is 0.344 e. The van der Waals surface area contributed by atoms with E-state index in [9.17, 15) is 40.2 Å². The third-order valence-electron chi connectivity index (χ3n) is 4.20. The Morgan fingerprint density at radius 2 is 0.940 bits per heavy atom. The van der Waals surface area contributed by atoms with Gasteiger partial charge in [0.05, 0.1) is 29.8 Å². The highest BCUT2D eigenvalue weighted by Crippen LogP contribution is 2.28. The zero-order valence-electron chi connectivity index (χ0n) is 29.7. The van der Waals surface area contributed by atoms with Crippen molar-refractivity contribution in [2.45, 2.75) is 95.1 Å². The van der Waals surface area contributed by atoms with Crippen LogP contribution in [0.25, 0.3) is 0 Å². The van der Waals surface area contributed by atoms with E-state index in [2.05, 4.69) is 47.0 Å². The Morgan fingerprint density at radius 3 is 1.28 bits per heavy atom. The maximum absolute atomic E-state index is 11.3. The Morgan fingerprint density at radius 1 is 0.560 bits per heavy atom. The molecule has 21 nitrogen and oxygen atoms in total. The number of esters is 4. The van der Waals surface area contributed by atoms with Crippen molar-refractivity contribution in [3.8, 4) is 0 Å². The fraction of sp³-hybridized carbons (Fsp3) is 0.840. The third kappa shape index (κ3) is 36.5. The van der Waals surface area contributed by atoms with Crippen LogP contribution in [0.4, 0.5) is 0 Å². The summed E-state index contributed by atoms with van der Waals surface area (Å²) in [6.07, 6.45) is 0. The zero-order valence-corrected chi connectivity index (χ0v) is 33.0. The molecule has 0 aliphatic rings. The summed E-state index contributed by atoms with van der Waals surface area (Å²) < 4.78 is 36.9. The first-order valence-corrected chi connectivity index (χ1v) is 16.7. The van der Waals surface area contributed by atoms with E-state index in [0.29, 0.717) is 43.9 Å². The summed E-state index contributed by atoms with van der Waals surface area (Å²) in [7, 11) is 1.17. The Bertz CT molecular complexity index is 882. The molecule has 0 aromatic rings. The number of carbonyl (C=O) groups excluding carboxylic acids is 4. The molecule has 0 aliphatic heterocycles. The van der Waals surface area contributed by atoms with Gasteiger partial charge in [-0.05, 0) is 69.2 Å². The van der Waals surface area contributed by atoms with Crippen molar-refractivity contribution in [3.05, 3.63) is 0 Å². The van der Waals surface area contributed by atoms with Crippen LogP contribution in [0.1, 0.15) is 76.2 Å². The second kappa shape index (κ2) is 32.4. The standard InChI is InChI=1S/C7H12O7S.2C6H12O5S.C6H14O4S/c1-7(2,15-14-13-10)6(9)12-4-5(8)11-3;1-5(7)9-4-6(2,3)12-11-10-8;1-4-9-5(7)6(2,3)12-11-10-8;1-4-8-5-6(2,3)11-10-9-7/h10H,4H2,1-3H3;2*8H,4H2,1-3H3;7H,4-5H2,1-3H3/p-4. The summed E-state index contributed by atoms with van der Waals surface area (Å²) in [6, 6.07) is 0. The molecule has 300 valence electrons. The maximum atomic E-state index is 11.3. The second-order valence-electron chi connectivity index (χ2n) is 10.7. The van der Waals surface area contributed by atoms with E-state index >= 15 is 0 Å². The summed E-state index contributed by atoms with van der Waals surface area (Å²) in [4.78, 5) is 43.4. The average molecular weight is 811 g/mol. The molecular formula is C25H46O21S4-4. The van der Waals surface area contributed by atoms with E-state index in [1.165, 1.54) is 27.9 Å². The fourth-order valence-electron chi connectivity index (χ4n) is 1.81. The first kappa shape index (κ1) is 55.5. The van der Waals surface area contributed by atoms with E-state index in [0.717, 1.165) is 24.1 Å². The zero-order chi connectivity index (χ0) is 39.9. The number of methoxy groups -OCH3 is 1. The number of rotatable bonds is 22. The molecule has 0 heterocycles. The number of hydrogen-bond acceptors (Lipinski definition) is 25. The predicted molar refractivity (Wildman–Crippen MR) is 168 cm³/mol. The van der Waals surface area contributed by atoms with Gasteiger partial charge in [0.2, 0.25) is 0 Å². The normalized spacial score (nSPS) is 11.4. The van der Waals surface area contributed by atoms with Crippen molar-refractivity contribution < 1.29 is 101 Å². The van der Waals surface area contributed by atoms with Crippen molar-refractivity contribution in [1.29, 1.82) is 0 Å². The van der Waals surface area contributed by atoms with Gasteiger partial charge in [0, 0.05) is 61.7 Å². The monoisotopic (exact) mass is 810 g/mol. The lowest BCUT2D eigenvalue weighted by Crippen LogP contribution is -2.32. The molecule has 0 N–H and O–H groups in total. The molecule has 0 radical (unpaired) electrons. The van der Waals surface area contributed by atoms with Crippen LogP contribution >= 0.6 is 48.2 Å². The lowest BCUT2D eigenvalue weighted by atomic mass is 10.2. The fourth-order valence-corrected chi connectivity index (χ4v) is 3.12. The Labute approximate surface area is 308 Å². The minimum atomic E-state index is -1.15. The van der Waals surface area contributed by atoms with Gasteiger partial charge >= 0.3 is 23.9 Å². The molecule has 0 amide bonds. The molecule has 0 bridgehead atoms. The summed E-state index contributed by atoms with van der Waals surface area (Å²) in [5.41, 5.74) is 0. The van der Waals surface area contributed by atoms with Gasteiger partial charge in [0.15, 0.2) is 6.61 Å². The first-order chi connectivity index (χ1) is 23.1. The van der Waals surface area contributed by atoms with Crippen LogP contribution in [-0.4, -0.2) is 83.0 Å². The van der Waals surface area contributed by atoms with Gasteiger partial charge in [0.1, 0.15) is 16.1 Å². The SMILES string of the molecule is CC(=O)OCC(C)(C)SOO[O-].CCOC(=O)C(C)(C)SOO[O-].CCOCC(C)(C)SOO[O-].COC(=O)COC(=O)C(C)(C)SOO[O-]. The van der Waals surface area contributed by atoms with Crippen molar-refractivity contribution in [1.82, 2.24) is 0 Å². The molecule has 0 rings (SSSR count). The highest BCUT2D eigenvalue weighted by atomic mass is 32.2. The number of hydrogen-bond donors (Lipinski definition) is 0. The minimum Gasteiger partial charge on any atom is -0.691 e. The molecular weight excluding hydrogens is 765 g/mol. The highest BCUT2D eigenvalue weighted by Gasteiger charge is 2.33. The van der Waals surface area contributed by atoms with Crippen LogP contribution in [-0.2, 0) is 80.4 Å². The van der Waals surface area contributed by atoms with Gasteiger partial charge in [0.25, 0.3) is 0 Å². The van der Waals surface area contributed by atoms with Crippen molar-refractivity contribution in [2.75, 3.05) is 40.1 Å². The van der Waals surface area contributed by atoms with Gasteiger partial charge in [-0.1, -0.05) is 0 Å². The van der Waals surface area contributed by atoms with Gasteiger partial charge in [-0.3, -0.25) is 34.5 Å². The summed E-state index contributed by atoms with van der Waals surface area (Å²) in [5, 5.41) is 50.5.